The summed E-state index contributed by atoms with van der Waals surface area (Å²) in [7, 11) is 0. The van der Waals surface area contributed by atoms with E-state index < -0.39 is 31.1 Å². The van der Waals surface area contributed by atoms with Crippen LogP contribution in [0.2, 0.25) is 0 Å². The van der Waals surface area contributed by atoms with Gasteiger partial charge in [0.05, 0.1) is 18.3 Å². The number of ether oxygens (including phenoxy) is 1. The first-order valence-corrected chi connectivity index (χ1v) is 5.85. The van der Waals surface area contributed by atoms with E-state index in [0.717, 1.165) is 0 Å². The largest absolute Gasteiger partial charge is 0.462 e. The van der Waals surface area contributed by atoms with Gasteiger partial charge in [0.2, 0.25) is 0 Å². The Hall–Kier alpha value is -1.56. The molecule has 0 aliphatic carbocycles. The molecule has 0 aliphatic heterocycles. The Labute approximate surface area is 109 Å². The highest BCUT2D eigenvalue weighted by molar-refractivity contribution is 5.89. The third-order valence-corrected chi connectivity index (χ3v) is 2.51. The monoisotopic (exact) mass is 276 g/mol. The minimum Gasteiger partial charge on any atom is -0.462 e. The zero-order chi connectivity index (χ0) is 14.5. The number of halogens is 3. The van der Waals surface area contributed by atoms with E-state index in [0.29, 0.717) is 11.1 Å². The maximum absolute atomic E-state index is 12.0. The number of esters is 1. The van der Waals surface area contributed by atoms with E-state index in [2.05, 4.69) is 0 Å². The summed E-state index contributed by atoms with van der Waals surface area (Å²) >= 11 is 0. The van der Waals surface area contributed by atoms with Gasteiger partial charge < -0.3 is 9.84 Å². The minimum absolute atomic E-state index is 0.245. The van der Waals surface area contributed by atoms with Crippen molar-refractivity contribution in [3.05, 3.63) is 35.4 Å². The molecule has 0 bridgehead atoms. The summed E-state index contributed by atoms with van der Waals surface area (Å²) < 4.78 is 40.8. The molecule has 1 N–H and O–H groups in total. The van der Waals surface area contributed by atoms with Gasteiger partial charge in [0.1, 0.15) is 0 Å². The van der Waals surface area contributed by atoms with E-state index in [9.17, 15) is 23.1 Å². The molecule has 3 nitrogen and oxygen atoms in total. The molecule has 1 rings (SSSR count). The van der Waals surface area contributed by atoms with Gasteiger partial charge in [0.25, 0.3) is 0 Å². The Bertz CT molecular complexity index is 412. The lowest BCUT2D eigenvalue weighted by molar-refractivity contribution is -0.140. The van der Waals surface area contributed by atoms with E-state index in [1.807, 2.05) is 0 Å². The molecule has 0 aromatic heterocycles. The third-order valence-electron chi connectivity index (χ3n) is 2.51. The van der Waals surface area contributed by atoms with Gasteiger partial charge >= 0.3 is 12.1 Å². The van der Waals surface area contributed by atoms with Gasteiger partial charge in [0.15, 0.2) is 0 Å². The average molecular weight is 276 g/mol. The Morgan fingerprint density at radius 2 is 1.89 bits per heavy atom. The summed E-state index contributed by atoms with van der Waals surface area (Å²) in [5.74, 6) is -0.501. The van der Waals surface area contributed by atoms with Crippen LogP contribution in [0.5, 0.6) is 0 Å². The first kappa shape index (κ1) is 15.5. The van der Waals surface area contributed by atoms with Gasteiger partial charge in [-0.2, -0.15) is 13.2 Å². The van der Waals surface area contributed by atoms with E-state index in [1.54, 1.807) is 6.92 Å². The summed E-state index contributed by atoms with van der Waals surface area (Å²) in [6.07, 6.45) is -6.93. The van der Waals surface area contributed by atoms with Crippen molar-refractivity contribution in [3.8, 4) is 0 Å². The number of carbonyl (C=O) groups is 1. The Balaban J connectivity index is 2.63. The number of aliphatic hydroxyl groups excluding tert-OH is 1. The number of benzene rings is 1. The topological polar surface area (TPSA) is 46.5 Å². The van der Waals surface area contributed by atoms with Gasteiger partial charge in [-0.1, -0.05) is 12.1 Å². The number of rotatable bonds is 5. The van der Waals surface area contributed by atoms with Crippen LogP contribution >= 0.6 is 0 Å². The first-order chi connectivity index (χ1) is 8.83. The summed E-state index contributed by atoms with van der Waals surface area (Å²) in [5.41, 5.74) is 0.644. The van der Waals surface area contributed by atoms with Crippen molar-refractivity contribution in [2.45, 2.75) is 32.0 Å². The fourth-order valence-electron chi connectivity index (χ4n) is 1.52. The van der Waals surface area contributed by atoms with E-state index in [-0.39, 0.29) is 6.61 Å². The second kappa shape index (κ2) is 6.56. The normalized spacial score (nSPS) is 13.1. The first-order valence-electron chi connectivity index (χ1n) is 5.85. The fraction of sp³-hybridized carbons (Fsp3) is 0.462. The molecular formula is C13H15F3O3. The van der Waals surface area contributed by atoms with Crippen molar-refractivity contribution in [1.29, 1.82) is 0 Å². The van der Waals surface area contributed by atoms with Crippen LogP contribution < -0.4 is 0 Å². The molecule has 0 unspecified atom stereocenters. The molecule has 1 atom stereocenters. The van der Waals surface area contributed by atoms with Gasteiger partial charge in [-0.15, -0.1) is 0 Å². The highest BCUT2D eigenvalue weighted by Crippen LogP contribution is 2.27. The number of carbonyl (C=O) groups excluding carboxylic acids is 1. The maximum Gasteiger partial charge on any atom is 0.389 e. The van der Waals surface area contributed by atoms with E-state index in [4.69, 9.17) is 4.74 Å². The summed E-state index contributed by atoms with van der Waals surface area (Å²) in [6.45, 7) is 1.92. The average Bonchev–Trinajstić information content (AvgIpc) is 2.35. The Morgan fingerprint density at radius 3 is 2.37 bits per heavy atom. The molecule has 0 amide bonds. The number of hydrogen-bond acceptors (Lipinski definition) is 3. The molecule has 19 heavy (non-hydrogen) atoms. The van der Waals surface area contributed by atoms with Crippen LogP contribution in [-0.2, 0) is 4.74 Å². The van der Waals surface area contributed by atoms with Gasteiger partial charge in [-0.3, -0.25) is 0 Å². The molecule has 0 spiro atoms. The summed E-state index contributed by atoms with van der Waals surface area (Å²) in [4.78, 5) is 11.3. The van der Waals surface area contributed by atoms with Crippen molar-refractivity contribution in [2.75, 3.05) is 6.61 Å². The van der Waals surface area contributed by atoms with Gasteiger partial charge in [-0.05, 0) is 31.0 Å². The molecular weight excluding hydrogens is 261 g/mol. The third kappa shape index (κ3) is 5.30. The van der Waals surface area contributed by atoms with Crippen molar-refractivity contribution < 1.29 is 27.8 Å². The molecule has 0 aliphatic rings. The van der Waals surface area contributed by atoms with Crippen LogP contribution in [0.25, 0.3) is 0 Å². The van der Waals surface area contributed by atoms with Crippen molar-refractivity contribution >= 4 is 5.97 Å². The summed E-state index contributed by atoms with van der Waals surface area (Å²) in [6, 6.07) is 5.69. The van der Waals surface area contributed by atoms with Crippen LogP contribution in [0.1, 0.15) is 41.8 Å². The van der Waals surface area contributed by atoms with Crippen LogP contribution in [-0.4, -0.2) is 23.9 Å². The maximum atomic E-state index is 12.0. The van der Waals surface area contributed by atoms with Crippen LogP contribution in [0, 0.1) is 0 Å². The molecule has 0 fully saturated rings. The summed E-state index contributed by atoms with van der Waals surface area (Å²) in [5, 5.41) is 9.60. The fourth-order valence-corrected chi connectivity index (χ4v) is 1.52. The van der Waals surface area contributed by atoms with Gasteiger partial charge in [-0.25, -0.2) is 4.79 Å². The lowest BCUT2D eigenvalue weighted by Crippen LogP contribution is -2.10. The Kier molecular flexibility index (Phi) is 5.35. The van der Waals surface area contributed by atoms with E-state index in [1.165, 1.54) is 24.3 Å². The molecule has 1 aromatic rings. The lowest BCUT2D eigenvalue weighted by Gasteiger charge is -2.13. The van der Waals surface area contributed by atoms with Gasteiger partial charge in [0, 0.05) is 6.42 Å². The second-order valence-electron chi connectivity index (χ2n) is 4.01. The predicted octanol–water partition coefficient (Wildman–Crippen LogP) is 3.24. The molecule has 0 heterocycles. The van der Waals surface area contributed by atoms with Crippen molar-refractivity contribution in [1.82, 2.24) is 0 Å². The highest BCUT2D eigenvalue weighted by atomic mass is 19.4. The molecule has 6 heteroatoms. The highest BCUT2D eigenvalue weighted by Gasteiger charge is 2.28. The standard InChI is InChI=1S/C13H15F3O3/c1-2-19-12(18)10-5-3-9(4-6-10)11(17)7-8-13(14,15)16/h3-6,11,17H,2,7-8H2,1H3/t11-/m1/s1. The van der Waals surface area contributed by atoms with Crippen molar-refractivity contribution in [2.24, 2.45) is 0 Å². The number of alkyl halides is 3. The number of hydrogen-bond donors (Lipinski definition) is 1. The van der Waals surface area contributed by atoms with Crippen LogP contribution in [0.4, 0.5) is 13.2 Å². The molecule has 0 radical (unpaired) electrons. The SMILES string of the molecule is CCOC(=O)c1ccc([C@H](O)CCC(F)(F)F)cc1. The smallest absolute Gasteiger partial charge is 0.389 e. The molecule has 0 saturated carbocycles. The quantitative estimate of drug-likeness (QED) is 0.840. The zero-order valence-electron chi connectivity index (χ0n) is 10.4. The Morgan fingerprint density at radius 1 is 1.32 bits per heavy atom. The zero-order valence-corrected chi connectivity index (χ0v) is 10.4. The predicted molar refractivity (Wildman–Crippen MR) is 62.6 cm³/mol. The molecule has 106 valence electrons. The minimum atomic E-state index is -4.29. The van der Waals surface area contributed by atoms with Crippen molar-refractivity contribution in [3.63, 3.8) is 0 Å². The van der Waals surface area contributed by atoms with E-state index >= 15 is 0 Å². The van der Waals surface area contributed by atoms with Crippen LogP contribution in [0.3, 0.4) is 0 Å². The molecule has 0 saturated heterocycles. The van der Waals surface area contributed by atoms with Crippen LogP contribution in [0.15, 0.2) is 24.3 Å². The number of aliphatic hydroxyl groups is 1. The molecule has 1 aromatic carbocycles. The second-order valence-corrected chi connectivity index (χ2v) is 4.01. The lowest BCUT2D eigenvalue weighted by atomic mass is 10.0.